The molecule has 0 saturated carbocycles. The van der Waals surface area contributed by atoms with Crippen LogP contribution in [0.4, 0.5) is 5.69 Å². The van der Waals surface area contributed by atoms with Crippen molar-refractivity contribution in [3.05, 3.63) is 64.9 Å². The van der Waals surface area contributed by atoms with E-state index >= 15 is 0 Å². The smallest absolute Gasteiger partial charge is 0.338 e. The Hall–Kier alpha value is -3.25. The van der Waals surface area contributed by atoms with Crippen LogP contribution in [0.25, 0.3) is 17.0 Å². The van der Waals surface area contributed by atoms with Crippen LogP contribution in [0.15, 0.2) is 53.0 Å². The van der Waals surface area contributed by atoms with Gasteiger partial charge in [-0.15, -0.1) is 0 Å². The standard InChI is InChI=1S/C22H20ClNO5/c1-13(2)28-22(26)14-4-6-17(7-5-14)24-20(25)9-8-18-11-15-10-16(23)12-19(27-3)21(15)29-18/h4-13H,1-3H3,(H,24,25)/b9-8+. The van der Waals surface area contributed by atoms with Gasteiger partial charge in [0.05, 0.1) is 18.8 Å². The molecule has 0 fully saturated rings. The van der Waals surface area contributed by atoms with Crippen molar-refractivity contribution in [2.45, 2.75) is 20.0 Å². The minimum absolute atomic E-state index is 0.193. The van der Waals surface area contributed by atoms with Gasteiger partial charge in [-0.1, -0.05) is 11.6 Å². The Bertz CT molecular complexity index is 1070. The summed E-state index contributed by atoms with van der Waals surface area (Å²) in [5.41, 5.74) is 1.53. The van der Waals surface area contributed by atoms with Gasteiger partial charge < -0.3 is 19.2 Å². The molecule has 0 bridgehead atoms. The van der Waals surface area contributed by atoms with Gasteiger partial charge in [-0.3, -0.25) is 4.79 Å². The highest BCUT2D eigenvalue weighted by atomic mass is 35.5. The van der Waals surface area contributed by atoms with Crippen molar-refractivity contribution >= 4 is 46.2 Å². The lowest BCUT2D eigenvalue weighted by Crippen LogP contribution is -2.12. The maximum absolute atomic E-state index is 12.2. The van der Waals surface area contributed by atoms with Crippen molar-refractivity contribution < 1.29 is 23.5 Å². The highest BCUT2D eigenvalue weighted by molar-refractivity contribution is 6.31. The fourth-order valence-electron chi connectivity index (χ4n) is 2.65. The normalized spacial score (nSPS) is 11.2. The number of esters is 1. The van der Waals surface area contributed by atoms with Gasteiger partial charge in [0.15, 0.2) is 11.3 Å². The first kappa shape index (κ1) is 20.5. The third kappa shape index (κ3) is 5.18. The number of nitrogens with one attached hydrogen (secondary N) is 1. The second kappa shape index (κ2) is 8.84. The number of halogens is 1. The molecule has 0 atom stereocenters. The molecule has 1 amide bonds. The molecule has 1 N–H and O–H groups in total. The molecule has 1 aromatic heterocycles. The number of hydrogen-bond donors (Lipinski definition) is 1. The third-order valence-corrected chi connectivity index (χ3v) is 4.13. The van der Waals surface area contributed by atoms with Crippen LogP contribution >= 0.6 is 11.6 Å². The molecule has 0 aliphatic heterocycles. The topological polar surface area (TPSA) is 77.8 Å². The number of furan rings is 1. The number of hydrogen-bond acceptors (Lipinski definition) is 5. The molecule has 6 nitrogen and oxygen atoms in total. The summed E-state index contributed by atoms with van der Waals surface area (Å²) in [7, 11) is 1.53. The zero-order valence-electron chi connectivity index (χ0n) is 16.2. The van der Waals surface area contributed by atoms with E-state index in [-0.39, 0.29) is 12.0 Å². The zero-order chi connectivity index (χ0) is 21.0. The number of rotatable bonds is 6. The number of fused-ring (bicyclic) bond motifs is 1. The van der Waals surface area contributed by atoms with Crippen LogP contribution in [-0.4, -0.2) is 25.1 Å². The van der Waals surface area contributed by atoms with E-state index < -0.39 is 5.97 Å². The molecule has 0 aliphatic carbocycles. The van der Waals surface area contributed by atoms with Gasteiger partial charge in [0.25, 0.3) is 0 Å². The van der Waals surface area contributed by atoms with Crippen molar-refractivity contribution in [3.8, 4) is 5.75 Å². The molecule has 0 unspecified atom stereocenters. The lowest BCUT2D eigenvalue weighted by Gasteiger charge is -2.08. The van der Waals surface area contributed by atoms with Crippen molar-refractivity contribution in [3.63, 3.8) is 0 Å². The molecule has 1 heterocycles. The maximum atomic E-state index is 12.2. The highest BCUT2D eigenvalue weighted by Crippen LogP contribution is 2.32. The quantitative estimate of drug-likeness (QED) is 0.437. The van der Waals surface area contributed by atoms with Crippen LogP contribution in [0.5, 0.6) is 5.75 Å². The summed E-state index contributed by atoms with van der Waals surface area (Å²) in [5, 5.41) is 4.03. The summed E-state index contributed by atoms with van der Waals surface area (Å²) in [6, 6.07) is 11.6. The average molecular weight is 414 g/mol. The second-order valence-corrected chi connectivity index (χ2v) is 6.97. The van der Waals surface area contributed by atoms with Crippen molar-refractivity contribution in [2.75, 3.05) is 12.4 Å². The second-order valence-electron chi connectivity index (χ2n) is 6.53. The molecule has 2 aromatic carbocycles. The van der Waals surface area contributed by atoms with Crippen molar-refractivity contribution in [1.29, 1.82) is 0 Å². The van der Waals surface area contributed by atoms with Crippen LogP contribution in [0.1, 0.15) is 30.0 Å². The average Bonchev–Trinajstić information content (AvgIpc) is 3.08. The Labute approximate surface area is 173 Å². The molecule has 3 rings (SSSR count). The Kier molecular flexibility index (Phi) is 6.24. The maximum Gasteiger partial charge on any atom is 0.338 e. The molecule has 0 radical (unpaired) electrons. The first-order valence-corrected chi connectivity index (χ1v) is 9.30. The summed E-state index contributed by atoms with van der Waals surface area (Å²) < 4.78 is 16.1. The molecule has 0 spiro atoms. The lowest BCUT2D eigenvalue weighted by molar-refractivity contribution is -0.111. The summed E-state index contributed by atoms with van der Waals surface area (Å²) in [4.78, 5) is 24.0. The predicted molar refractivity (Wildman–Crippen MR) is 112 cm³/mol. The third-order valence-electron chi connectivity index (χ3n) is 3.92. The number of carbonyl (C=O) groups excluding carboxylic acids is 2. The number of carbonyl (C=O) groups is 2. The summed E-state index contributed by atoms with van der Waals surface area (Å²) >= 11 is 6.05. The molecular formula is C22H20ClNO5. The molecule has 0 saturated heterocycles. The van der Waals surface area contributed by atoms with Crippen LogP contribution in [0.3, 0.4) is 0 Å². The monoisotopic (exact) mass is 413 g/mol. The number of ether oxygens (including phenoxy) is 2. The molecule has 7 heteroatoms. The van der Waals surface area contributed by atoms with Crippen LogP contribution in [0, 0.1) is 0 Å². The van der Waals surface area contributed by atoms with Gasteiger partial charge in [-0.25, -0.2) is 4.79 Å². The Morgan fingerprint density at radius 3 is 2.52 bits per heavy atom. The molecular weight excluding hydrogens is 394 g/mol. The number of benzene rings is 2. The number of anilines is 1. The van der Waals surface area contributed by atoms with Crippen molar-refractivity contribution in [1.82, 2.24) is 0 Å². The van der Waals surface area contributed by atoms with E-state index in [9.17, 15) is 9.59 Å². The largest absolute Gasteiger partial charge is 0.493 e. The Morgan fingerprint density at radius 1 is 1.14 bits per heavy atom. The Morgan fingerprint density at radius 2 is 1.86 bits per heavy atom. The molecule has 29 heavy (non-hydrogen) atoms. The lowest BCUT2D eigenvalue weighted by atomic mass is 10.2. The molecule has 3 aromatic rings. The fraction of sp³-hybridized carbons (Fsp3) is 0.182. The van der Waals surface area contributed by atoms with E-state index in [0.717, 1.165) is 5.39 Å². The van der Waals surface area contributed by atoms with Gasteiger partial charge in [0.2, 0.25) is 5.91 Å². The van der Waals surface area contributed by atoms with Crippen LogP contribution in [-0.2, 0) is 9.53 Å². The van der Waals surface area contributed by atoms with Gasteiger partial charge >= 0.3 is 5.97 Å². The van der Waals surface area contributed by atoms with Gasteiger partial charge in [0.1, 0.15) is 5.76 Å². The van der Waals surface area contributed by atoms with Gasteiger partial charge in [-0.05, 0) is 56.3 Å². The minimum atomic E-state index is -0.404. The SMILES string of the molecule is COc1cc(Cl)cc2cc(/C=C/C(=O)Nc3ccc(C(=O)OC(C)C)cc3)oc12. The van der Waals surface area contributed by atoms with Crippen molar-refractivity contribution in [2.24, 2.45) is 0 Å². The van der Waals surface area contributed by atoms with E-state index in [2.05, 4.69) is 5.32 Å². The zero-order valence-corrected chi connectivity index (χ0v) is 16.9. The first-order chi connectivity index (χ1) is 13.9. The number of methoxy groups -OCH3 is 1. The van der Waals surface area contributed by atoms with Crippen LogP contribution in [0.2, 0.25) is 5.02 Å². The molecule has 0 aliphatic rings. The van der Waals surface area contributed by atoms with E-state index in [1.165, 1.54) is 13.2 Å². The summed E-state index contributed by atoms with van der Waals surface area (Å²) in [6.07, 6.45) is 2.71. The van der Waals surface area contributed by atoms with E-state index in [0.29, 0.717) is 33.4 Å². The molecule has 150 valence electrons. The number of amides is 1. The Balaban J connectivity index is 1.67. The van der Waals surface area contributed by atoms with Gasteiger partial charge in [-0.2, -0.15) is 0 Å². The van der Waals surface area contributed by atoms with E-state index in [1.54, 1.807) is 62.4 Å². The summed E-state index contributed by atoms with van der Waals surface area (Å²) in [5.74, 6) is 0.265. The summed E-state index contributed by atoms with van der Waals surface area (Å²) in [6.45, 7) is 3.57. The van der Waals surface area contributed by atoms with E-state index in [4.69, 9.17) is 25.5 Å². The fourth-order valence-corrected chi connectivity index (χ4v) is 2.87. The highest BCUT2D eigenvalue weighted by Gasteiger charge is 2.11. The van der Waals surface area contributed by atoms with Crippen LogP contribution < -0.4 is 10.1 Å². The van der Waals surface area contributed by atoms with Gasteiger partial charge in [0, 0.05) is 28.2 Å². The van der Waals surface area contributed by atoms with E-state index in [1.807, 2.05) is 0 Å². The first-order valence-electron chi connectivity index (χ1n) is 8.93. The predicted octanol–water partition coefficient (Wildman–Crippen LogP) is 5.31. The minimum Gasteiger partial charge on any atom is -0.493 e.